The van der Waals surface area contributed by atoms with Gasteiger partial charge in [0.25, 0.3) is 0 Å². The molecule has 4 heteroatoms. The van der Waals surface area contributed by atoms with Crippen LogP contribution in [-0.2, 0) is 0 Å². The number of aliphatic hydroxyl groups is 1. The van der Waals surface area contributed by atoms with Gasteiger partial charge in [-0.15, -0.1) is 0 Å². The average Bonchev–Trinajstić information content (AvgIpc) is 3.03. The fourth-order valence-electron chi connectivity index (χ4n) is 2.50. The van der Waals surface area contributed by atoms with E-state index in [0.717, 1.165) is 16.9 Å². The van der Waals surface area contributed by atoms with Crippen molar-refractivity contribution in [3.05, 3.63) is 59.7 Å². The first-order valence-electron chi connectivity index (χ1n) is 7.64. The van der Waals surface area contributed by atoms with Crippen LogP contribution in [0.5, 0.6) is 17.2 Å². The van der Waals surface area contributed by atoms with Gasteiger partial charge in [0, 0.05) is 0 Å². The quantitative estimate of drug-likeness (QED) is 0.908. The summed E-state index contributed by atoms with van der Waals surface area (Å²) in [5, 5.41) is 10.5. The topological polar surface area (TPSA) is 47.9 Å². The molecule has 0 fully saturated rings. The predicted molar refractivity (Wildman–Crippen MR) is 88.8 cm³/mol. The van der Waals surface area contributed by atoms with Crippen LogP contribution in [0.15, 0.2) is 48.5 Å². The van der Waals surface area contributed by atoms with Gasteiger partial charge in [-0.1, -0.05) is 30.4 Å². The Kier molecular flexibility index (Phi) is 4.53. The molecule has 0 unspecified atom stereocenters. The Labute approximate surface area is 135 Å². The normalized spacial score (nSPS) is 15.6. The second-order valence-corrected chi connectivity index (χ2v) is 5.45. The molecule has 1 aliphatic rings. The van der Waals surface area contributed by atoms with E-state index in [-0.39, 0.29) is 12.9 Å². The average molecular weight is 312 g/mol. The maximum absolute atomic E-state index is 10.5. The molecule has 0 spiro atoms. The van der Waals surface area contributed by atoms with E-state index in [0.29, 0.717) is 11.5 Å². The van der Waals surface area contributed by atoms with Crippen molar-refractivity contribution in [2.75, 3.05) is 6.79 Å². The number of aliphatic hydroxyl groups excluding tert-OH is 1. The summed E-state index contributed by atoms with van der Waals surface area (Å²) < 4.78 is 16.5. The van der Waals surface area contributed by atoms with E-state index in [9.17, 15) is 5.11 Å². The van der Waals surface area contributed by atoms with Crippen molar-refractivity contribution in [1.29, 1.82) is 0 Å². The van der Waals surface area contributed by atoms with Gasteiger partial charge in [-0.25, -0.2) is 0 Å². The summed E-state index contributed by atoms with van der Waals surface area (Å²) in [5.41, 5.74) is 1.86. The summed E-state index contributed by atoms with van der Waals surface area (Å²) in [6.45, 7) is 4.04. The van der Waals surface area contributed by atoms with Gasteiger partial charge in [0.2, 0.25) is 6.79 Å². The van der Waals surface area contributed by atoms with E-state index in [4.69, 9.17) is 14.2 Å². The lowest BCUT2D eigenvalue weighted by molar-refractivity contribution is 0.0466. The molecule has 120 valence electrons. The maximum atomic E-state index is 10.5. The first-order valence-corrected chi connectivity index (χ1v) is 7.64. The Balaban J connectivity index is 1.68. The minimum atomic E-state index is -0.750. The third kappa shape index (κ3) is 3.48. The zero-order chi connectivity index (χ0) is 16.2. The van der Waals surface area contributed by atoms with Crippen LogP contribution in [0, 0.1) is 0 Å². The van der Waals surface area contributed by atoms with Crippen molar-refractivity contribution >= 4 is 6.08 Å². The highest BCUT2D eigenvalue weighted by Crippen LogP contribution is 2.35. The molecule has 0 radical (unpaired) electrons. The number of ether oxygens (including phenoxy) is 3. The number of hydrogen-bond acceptors (Lipinski definition) is 4. The van der Waals surface area contributed by atoms with Crippen molar-refractivity contribution in [2.24, 2.45) is 0 Å². The molecule has 23 heavy (non-hydrogen) atoms. The highest BCUT2D eigenvalue weighted by molar-refractivity contribution is 5.50. The zero-order valence-electron chi connectivity index (χ0n) is 13.2. The van der Waals surface area contributed by atoms with Crippen LogP contribution < -0.4 is 14.2 Å². The number of hydrogen-bond donors (Lipinski definition) is 1. The first kappa shape index (κ1) is 15.4. The molecule has 3 rings (SSSR count). The molecule has 2 atom stereocenters. The SMILES string of the molecule is C/C=C/c1ccc(O[C@H](C)[C@@H](O)c2ccc3c(c2)OCO3)cc1. The second-order valence-electron chi connectivity index (χ2n) is 5.45. The van der Waals surface area contributed by atoms with Crippen molar-refractivity contribution in [3.63, 3.8) is 0 Å². The third-order valence-electron chi connectivity index (χ3n) is 3.74. The standard InChI is InChI=1S/C19H20O4/c1-3-4-14-5-8-16(9-6-14)23-13(2)19(20)15-7-10-17-18(11-15)22-12-21-17/h3-11,13,19-20H,12H2,1-2H3/b4-3+/t13-,19-/m1/s1. The molecule has 1 aliphatic heterocycles. The van der Waals surface area contributed by atoms with Crippen LogP contribution in [0.1, 0.15) is 31.1 Å². The minimum absolute atomic E-state index is 0.222. The Morgan fingerprint density at radius 2 is 1.83 bits per heavy atom. The summed E-state index contributed by atoms with van der Waals surface area (Å²) in [6.07, 6.45) is 2.87. The minimum Gasteiger partial charge on any atom is -0.488 e. The molecule has 0 amide bonds. The Morgan fingerprint density at radius 3 is 2.57 bits per heavy atom. The van der Waals surface area contributed by atoms with Crippen LogP contribution >= 0.6 is 0 Å². The fraction of sp³-hybridized carbons (Fsp3) is 0.263. The lowest BCUT2D eigenvalue weighted by Crippen LogP contribution is -2.21. The summed E-state index contributed by atoms with van der Waals surface area (Å²) in [7, 11) is 0. The molecule has 1 heterocycles. The Bertz CT molecular complexity index is 691. The summed E-state index contributed by atoms with van der Waals surface area (Å²) in [4.78, 5) is 0. The lowest BCUT2D eigenvalue weighted by atomic mass is 10.0. The van der Waals surface area contributed by atoms with Crippen LogP contribution in [-0.4, -0.2) is 18.0 Å². The Hall–Kier alpha value is -2.46. The van der Waals surface area contributed by atoms with Gasteiger partial charge in [-0.05, 0) is 49.2 Å². The molecule has 2 aromatic carbocycles. The lowest BCUT2D eigenvalue weighted by Gasteiger charge is -2.21. The number of benzene rings is 2. The van der Waals surface area contributed by atoms with Crippen LogP contribution in [0.3, 0.4) is 0 Å². The highest BCUT2D eigenvalue weighted by Gasteiger charge is 2.21. The third-order valence-corrected chi connectivity index (χ3v) is 3.74. The van der Waals surface area contributed by atoms with Gasteiger partial charge >= 0.3 is 0 Å². The molecule has 0 bridgehead atoms. The molecule has 1 N–H and O–H groups in total. The number of allylic oxidation sites excluding steroid dienone is 1. The van der Waals surface area contributed by atoms with Gasteiger partial charge in [0.05, 0.1) is 0 Å². The fourth-order valence-corrected chi connectivity index (χ4v) is 2.50. The molecule has 0 aromatic heterocycles. The zero-order valence-corrected chi connectivity index (χ0v) is 13.2. The summed E-state index contributed by atoms with van der Waals surface area (Å²) in [6, 6.07) is 13.2. The van der Waals surface area contributed by atoms with E-state index < -0.39 is 6.10 Å². The maximum Gasteiger partial charge on any atom is 0.231 e. The molecular formula is C19H20O4. The van der Waals surface area contributed by atoms with Crippen molar-refractivity contribution < 1.29 is 19.3 Å². The van der Waals surface area contributed by atoms with Gasteiger partial charge in [0.15, 0.2) is 11.5 Å². The van der Waals surface area contributed by atoms with Gasteiger partial charge in [0.1, 0.15) is 18.0 Å². The van der Waals surface area contributed by atoms with Crippen molar-refractivity contribution in [2.45, 2.75) is 26.1 Å². The summed E-state index contributed by atoms with van der Waals surface area (Å²) in [5.74, 6) is 2.09. The predicted octanol–water partition coefficient (Wildman–Crippen LogP) is 3.95. The van der Waals surface area contributed by atoms with Crippen molar-refractivity contribution in [1.82, 2.24) is 0 Å². The van der Waals surface area contributed by atoms with E-state index in [1.165, 1.54) is 0 Å². The number of rotatable bonds is 5. The highest BCUT2D eigenvalue weighted by atomic mass is 16.7. The first-order chi connectivity index (χ1) is 11.2. The molecule has 4 nitrogen and oxygen atoms in total. The van der Waals surface area contributed by atoms with Crippen LogP contribution in [0.25, 0.3) is 6.08 Å². The van der Waals surface area contributed by atoms with Crippen LogP contribution in [0.2, 0.25) is 0 Å². The van der Waals surface area contributed by atoms with Gasteiger partial charge in [-0.2, -0.15) is 0 Å². The van der Waals surface area contributed by atoms with E-state index in [1.54, 1.807) is 12.1 Å². The molecule has 2 aromatic rings. The monoisotopic (exact) mass is 312 g/mol. The van der Waals surface area contributed by atoms with Gasteiger partial charge < -0.3 is 19.3 Å². The molecular weight excluding hydrogens is 292 g/mol. The Morgan fingerprint density at radius 1 is 1.09 bits per heavy atom. The van der Waals surface area contributed by atoms with Gasteiger partial charge in [-0.3, -0.25) is 0 Å². The molecule has 0 saturated carbocycles. The van der Waals surface area contributed by atoms with E-state index in [1.807, 2.05) is 56.3 Å². The number of fused-ring (bicyclic) bond motifs is 1. The largest absolute Gasteiger partial charge is 0.488 e. The second kappa shape index (κ2) is 6.75. The van der Waals surface area contributed by atoms with Crippen LogP contribution in [0.4, 0.5) is 0 Å². The van der Waals surface area contributed by atoms with E-state index in [2.05, 4.69) is 0 Å². The van der Waals surface area contributed by atoms with Crippen molar-refractivity contribution in [3.8, 4) is 17.2 Å². The van der Waals surface area contributed by atoms with E-state index >= 15 is 0 Å². The molecule has 0 aliphatic carbocycles. The summed E-state index contributed by atoms with van der Waals surface area (Å²) >= 11 is 0. The smallest absolute Gasteiger partial charge is 0.231 e. The molecule has 0 saturated heterocycles.